The molecule has 0 heterocycles. The number of carboxylic acids is 1. The van der Waals surface area contributed by atoms with Gasteiger partial charge in [-0.05, 0) is 36.6 Å². The van der Waals surface area contributed by atoms with Crippen LogP contribution in [0.3, 0.4) is 0 Å². The molecule has 0 spiro atoms. The van der Waals surface area contributed by atoms with Crippen LogP contribution >= 0.6 is 0 Å². The summed E-state index contributed by atoms with van der Waals surface area (Å²) in [4.78, 5) is 23.6. The highest BCUT2D eigenvalue weighted by molar-refractivity contribution is 5.84. The Morgan fingerprint density at radius 1 is 1.08 bits per heavy atom. The Balaban J connectivity index is 1.97. The summed E-state index contributed by atoms with van der Waals surface area (Å²) in [5.74, 6) is -0.753. The van der Waals surface area contributed by atoms with E-state index in [0.29, 0.717) is 17.7 Å². The smallest absolute Gasteiger partial charge is 0.330 e. The second-order valence-electron chi connectivity index (χ2n) is 5.60. The van der Waals surface area contributed by atoms with Crippen LogP contribution in [0.15, 0.2) is 48.5 Å². The van der Waals surface area contributed by atoms with Crippen molar-refractivity contribution in [3.8, 4) is 5.75 Å². The first-order chi connectivity index (χ1) is 11.5. The van der Waals surface area contributed by atoms with E-state index in [1.165, 1.54) is 7.11 Å². The maximum absolute atomic E-state index is 12.1. The molecule has 2 aromatic rings. The number of nitrogens with one attached hydrogen (secondary N) is 1. The van der Waals surface area contributed by atoms with Crippen LogP contribution in [0.25, 0.3) is 0 Å². The van der Waals surface area contributed by atoms with Gasteiger partial charge >= 0.3 is 5.97 Å². The number of hydrogen-bond donors (Lipinski definition) is 2. The van der Waals surface area contributed by atoms with E-state index in [2.05, 4.69) is 5.32 Å². The molecule has 5 nitrogen and oxygen atoms in total. The molecule has 126 valence electrons. The maximum atomic E-state index is 12.1. The third-order valence-corrected chi connectivity index (χ3v) is 3.76. The van der Waals surface area contributed by atoms with Crippen LogP contribution in [0.4, 0.5) is 0 Å². The molecule has 1 atom stereocenters. The van der Waals surface area contributed by atoms with Crippen molar-refractivity contribution in [1.29, 1.82) is 0 Å². The summed E-state index contributed by atoms with van der Waals surface area (Å²) in [5.41, 5.74) is 2.72. The highest BCUT2D eigenvalue weighted by Gasteiger charge is 2.21. The fraction of sp³-hybridized carbons (Fsp3) is 0.263. The third kappa shape index (κ3) is 4.84. The zero-order valence-electron chi connectivity index (χ0n) is 13.8. The Bertz CT molecular complexity index is 692. The van der Waals surface area contributed by atoms with Crippen molar-refractivity contribution in [2.24, 2.45) is 0 Å². The second-order valence-corrected chi connectivity index (χ2v) is 5.60. The lowest BCUT2D eigenvalue weighted by molar-refractivity contribution is -0.142. The third-order valence-electron chi connectivity index (χ3n) is 3.76. The summed E-state index contributed by atoms with van der Waals surface area (Å²) in [5, 5.41) is 11.9. The molecular formula is C19H21NO4. The molecule has 2 aromatic carbocycles. The fourth-order valence-electron chi connectivity index (χ4n) is 2.33. The van der Waals surface area contributed by atoms with Gasteiger partial charge in [-0.2, -0.15) is 0 Å². The zero-order valence-corrected chi connectivity index (χ0v) is 13.8. The number of amides is 1. The molecular weight excluding hydrogens is 306 g/mol. The van der Waals surface area contributed by atoms with Gasteiger partial charge in [0.25, 0.3) is 0 Å². The minimum Gasteiger partial charge on any atom is -0.497 e. The predicted molar refractivity (Wildman–Crippen MR) is 91.0 cm³/mol. The van der Waals surface area contributed by atoms with Crippen LogP contribution in [-0.4, -0.2) is 24.1 Å². The summed E-state index contributed by atoms with van der Waals surface area (Å²) >= 11 is 0. The largest absolute Gasteiger partial charge is 0.497 e. The van der Waals surface area contributed by atoms with Crippen LogP contribution in [0.2, 0.25) is 0 Å². The van der Waals surface area contributed by atoms with Gasteiger partial charge in [0.1, 0.15) is 5.75 Å². The summed E-state index contributed by atoms with van der Waals surface area (Å²) in [7, 11) is 1.54. The number of aliphatic carboxylic acids is 1. The van der Waals surface area contributed by atoms with Crippen LogP contribution in [0.1, 0.15) is 29.2 Å². The summed E-state index contributed by atoms with van der Waals surface area (Å²) in [6.07, 6.45) is 0.810. The van der Waals surface area contributed by atoms with Crippen molar-refractivity contribution in [3.05, 3.63) is 65.2 Å². The van der Waals surface area contributed by atoms with Gasteiger partial charge in [-0.1, -0.05) is 42.0 Å². The number of ether oxygens (including phenoxy) is 1. The Morgan fingerprint density at radius 2 is 1.71 bits per heavy atom. The lowest BCUT2D eigenvalue weighted by atomic mass is 10.1. The zero-order chi connectivity index (χ0) is 17.5. The number of carbonyl (C=O) groups is 2. The van der Waals surface area contributed by atoms with Gasteiger partial charge in [-0.15, -0.1) is 0 Å². The molecule has 0 aromatic heterocycles. The number of carbonyl (C=O) groups excluding carboxylic acids is 1. The maximum Gasteiger partial charge on any atom is 0.330 e. The molecule has 2 rings (SSSR count). The molecule has 0 aliphatic heterocycles. The Labute approximate surface area is 141 Å². The van der Waals surface area contributed by atoms with E-state index in [1.54, 1.807) is 24.3 Å². The molecule has 2 N–H and O–H groups in total. The molecule has 24 heavy (non-hydrogen) atoms. The molecule has 0 saturated heterocycles. The van der Waals surface area contributed by atoms with E-state index in [-0.39, 0.29) is 12.3 Å². The number of hydrogen-bond acceptors (Lipinski definition) is 3. The van der Waals surface area contributed by atoms with E-state index in [1.807, 2.05) is 31.2 Å². The van der Waals surface area contributed by atoms with E-state index < -0.39 is 12.0 Å². The number of rotatable bonds is 7. The average molecular weight is 327 g/mol. The minimum atomic E-state index is -1.09. The van der Waals surface area contributed by atoms with Crippen LogP contribution < -0.4 is 10.1 Å². The first-order valence-electron chi connectivity index (χ1n) is 7.71. The molecule has 0 fully saturated rings. The molecule has 5 heteroatoms. The lowest BCUT2D eigenvalue weighted by Crippen LogP contribution is -2.33. The van der Waals surface area contributed by atoms with Gasteiger partial charge in [-0.3, -0.25) is 4.79 Å². The highest BCUT2D eigenvalue weighted by atomic mass is 16.5. The average Bonchev–Trinajstić information content (AvgIpc) is 2.59. The quantitative estimate of drug-likeness (QED) is 0.820. The SMILES string of the molecule is COc1ccc(C(NC(=O)CCc2ccc(C)cc2)C(=O)O)cc1. The van der Waals surface area contributed by atoms with Crippen molar-refractivity contribution in [3.63, 3.8) is 0 Å². The monoisotopic (exact) mass is 327 g/mol. The van der Waals surface area contributed by atoms with Gasteiger partial charge < -0.3 is 15.2 Å². The molecule has 0 saturated carbocycles. The van der Waals surface area contributed by atoms with Gasteiger partial charge in [-0.25, -0.2) is 4.79 Å². The Morgan fingerprint density at radius 3 is 2.25 bits per heavy atom. The fourth-order valence-corrected chi connectivity index (χ4v) is 2.33. The van der Waals surface area contributed by atoms with E-state index in [4.69, 9.17) is 4.74 Å². The van der Waals surface area contributed by atoms with Crippen molar-refractivity contribution >= 4 is 11.9 Å². The molecule has 0 aliphatic rings. The van der Waals surface area contributed by atoms with Gasteiger partial charge in [0.15, 0.2) is 6.04 Å². The highest BCUT2D eigenvalue weighted by Crippen LogP contribution is 2.18. The van der Waals surface area contributed by atoms with Crippen molar-refractivity contribution in [2.75, 3.05) is 7.11 Å². The topological polar surface area (TPSA) is 75.6 Å². The Kier molecular flexibility index (Phi) is 5.95. The van der Waals surface area contributed by atoms with Crippen molar-refractivity contribution in [1.82, 2.24) is 5.32 Å². The lowest BCUT2D eigenvalue weighted by Gasteiger charge is -2.15. The van der Waals surface area contributed by atoms with Gasteiger partial charge in [0.2, 0.25) is 5.91 Å². The summed E-state index contributed by atoms with van der Waals surface area (Å²) in [6, 6.07) is 13.5. The van der Waals surface area contributed by atoms with Gasteiger partial charge in [0.05, 0.1) is 7.11 Å². The van der Waals surface area contributed by atoms with Crippen molar-refractivity contribution < 1.29 is 19.4 Å². The van der Waals surface area contributed by atoms with Crippen LogP contribution in [-0.2, 0) is 16.0 Å². The molecule has 1 amide bonds. The first-order valence-corrected chi connectivity index (χ1v) is 7.71. The normalized spacial score (nSPS) is 11.6. The van der Waals surface area contributed by atoms with Crippen LogP contribution in [0.5, 0.6) is 5.75 Å². The molecule has 0 bridgehead atoms. The van der Waals surface area contributed by atoms with Crippen molar-refractivity contribution in [2.45, 2.75) is 25.8 Å². The standard InChI is InChI=1S/C19H21NO4/c1-13-3-5-14(6-4-13)7-12-17(21)20-18(19(22)23)15-8-10-16(24-2)11-9-15/h3-6,8-11,18H,7,12H2,1-2H3,(H,20,21)(H,22,23). The van der Waals surface area contributed by atoms with E-state index in [9.17, 15) is 14.7 Å². The number of aryl methyl sites for hydroxylation is 2. The second kappa shape index (κ2) is 8.15. The van der Waals surface area contributed by atoms with E-state index in [0.717, 1.165) is 11.1 Å². The predicted octanol–water partition coefficient (Wildman–Crippen LogP) is 2.88. The number of methoxy groups -OCH3 is 1. The van der Waals surface area contributed by atoms with Gasteiger partial charge in [0, 0.05) is 6.42 Å². The van der Waals surface area contributed by atoms with E-state index >= 15 is 0 Å². The summed E-state index contributed by atoms with van der Waals surface area (Å²) in [6.45, 7) is 2.00. The minimum absolute atomic E-state index is 0.239. The first kappa shape index (κ1) is 17.5. The number of carboxylic acid groups (broad SMARTS) is 1. The summed E-state index contributed by atoms with van der Waals surface area (Å²) < 4.78 is 5.05. The molecule has 0 radical (unpaired) electrons. The van der Waals surface area contributed by atoms with Crippen LogP contribution in [0, 0.1) is 6.92 Å². The Hall–Kier alpha value is -2.82. The molecule has 0 aliphatic carbocycles. The molecule has 1 unspecified atom stereocenters. The number of benzene rings is 2.